The molecule has 0 spiro atoms. The van der Waals surface area contributed by atoms with Crippen molar-refractivity contribution in [1.82, 2.24) is 0 Å². The molecule has 13 heavy (non-hydrogen) atoms. The second kappa shape index (κ2) is 3.92. The minimum absolute atomic E-state index is 0.233. The Morgan fingerprint density at radius 1 is 1.31 bits per heavy atom. The summed E-state index contributed by atoms with van der Waals surface area (Å²) >= 11 is 0. The van der Waals surface area contributed by atoms with E-state index >= 15 is 0 Å². The highest BCUT2D eigenvalue weighted by molar-refractivity contribution is 7.90. The van der Waals surface area contributed by atoms with E-state index in [-0.39, 0.29) is 5.75 Å². The molecule has 1 aromatic rings. The van der Waals surface area contributed by atoms with Crippen molar-refractivity contribution < 1.29 is 8.42 Å². The highest BCUT2D eigenvalue weighted by Gasteiger charge is 2.02. The summed E-state index contributed by atoms with van der Waals surface area (Å²) in [5, 5.41) is 0. The molecule has 2 nitrogen and oxygen atoms in total. The quantitative estimate of drug-likeness (QED) is 0.739. The van der Waals surface area contributed by atoms with E-state index in [9.17, 15) is 8.42 Å². The Morgan fingerprint density at radius 3 is 2.54 bits per heavy atom. The molecule has 0 atom stereocenters. The molecule has 0 aliphatic rings. The number of hydrogen-bond acceptors (Lipinski definition) is 2. The van der Waals surface area contributed by atoms with E-state index in [1.165, 1.54) is 11.8 Å². The molecule has 0 saturated heterocycles. The van der Waals surface area contributed by atoms with Crippen molar-refractivity contribution in [1.29, 1.82) is 0 Å². The third-order valence-electron chi connectivity index (χ3n) is 1.84. The van der Waals surface area contributed by atoms with Gasteiger partial charge in [-0.3, -0.25) is 0 Å². The monoisotopic (exact) mass is 198 g/mol. The molecule has 0 bridgehead atoms. The van der Waals surface area contributed by atoms with E-state index in [1.807, 2.05) is 31.2 Å². The summed E-state index contributed by atoms with van der Waals surface area (Å²) in [5.74, 6) is 0.233. The average Bonchev–Trinajstić information content (AvgIpc) is 2.00. The van der Waals surface area contributed by atoms with Crippen LogP contribution in [-0.4, -0.2) is 20.4 Å². The van der Waals surface area contributed by atoms with E-state index < -0.39 is 9.84 Å². The first-order valence-electron chi connectivity index (χ1n) is 4.21. The van der Waals surface area contributed by atoms with Crippen LogP contribution in [0.3, 0.4) is 0 Å². The number of rotatable bonds is 3. The van der Waals surface area contributed by atoms with Crippen LogP contribution in [0.2, 0.25) is 0 Å². The maximum Gasteiger partial charge on any atom is 0.147 e. The molecule has 3 heteroatoms. The second-order valence-corrected chi connectivity index (χ2v) is 5.63. The molecule has 0 amide bonds. The Kier molecular flexibility index (Phi) is 3.09. The lowest BCUT2D eigenvalue weighted by Gasteiger charge is -2.00. The lowest BCUT2D eigenvalue weighted by atomic mass is 10.1. The molecule has 1 aromatic carbocycles. The van der Waals surface area contributed by atoms with Crippen LogP contribution in [0.4, 0.5) is 0 Å². The summed E-state index contributed by atoms with van der Waals surface area (Å²) in [7, 11) is -2.84. The highest BCUT2D eigenvalue weighted by Crippen LogP contribution is 2.05. The van der Waals surface area contributed by atoms with Gasteiger partial charge >= 0.3 is 0 Å². The fourth-order valence-corrected chi connectivity index (χ4v) is 1.78. The van der Waals surface area contributed by atoms with Gasteiger partial charge in [-0.05, 0) is 18.9 Å². The van der Waals surface area contributed by atoms with Crippen molar-refractivity contribution in [2.75, 3.05) is 12.0 Å². The Morgan fingerprint density at radius 2 is 2.00 bits per heavy atom. The summed E-state index contributed by atoms with van der Waals surface area (Å²) in [6.45, 7) is 2.00. The summed E-state index contributed by atoms with van der Waals surface area (Å²) in [6, 6.07) is 7.93. The molecule has 0 unspecified atom stereocenters. The molecule has 1 rings (SSSR count). The van der Waals surface area contributed by atoms with Crippen LogP contribution in [0.1, 0.15) is 11.1 Å². The molecule has 0 fully saturated rings. The Balaban J connectivity index is 2.65. The SMILES string of the molecule is Cc1cccc(CCS(C)(=O)=O)c1. The normalized spacial score (nSPS) is 11.5. The molecule has 0 aliphatic heterocycles. The van der Waals surface area contributed by atoms with E-state index in [1.54, 1.807) is 0 Å². The lowest BCUT2D eigenvalue weighted by Crippen LogP contribution is -2.05. The van der Waals surface area contributed by atoms with Crippen molar-refractivity contribution in [3.8, 4) is 0 Å². The van der Waals surface area contributed by atoms with Crippen LogP contribution < -0.4 is 0 Å². The average molecular weight is 198 g/mol. The first-order chi connectivity index (χ1) is 5.97. The van der Waals surface area contributed by atoms with Gasteiger partial charge in [0.1, 0.15) is 9.84 Å². The topological polar surface area (TPSA) is 34.1 Å². The molecular weight excluding hydrogens is 184 g/mol. The molecule has 72 valence electrons. The molecule has 0 radical (unpaired) electrons. The Bertz CT molecular complexity index is 380. The van der Waals surface area contributed by atoms with Crippen molar-refractivity contribution in [3.63, 3.8) is 0 Å². The van der Waals surface area contributed by atoms with Gasteiger partial charge in [-0.2, -0.15) is 0 Å². The van der Waals surface area contributed by atoms with Gasteiger partial charge < -0.3 is 0 Å². The molecule has 0 aromatic heterocycles. The zero-order chi connectivity index (χ0) is 9.90. The number of hydrogen-bond donors (Lipinski definition) is 0. The fourth-order valence-electron chi connectivity index (χ4n) is 1.17. The van der Waals surface area contributed by atoms with E-state index in [0.717, 1.165) is 5.56 Å². The van der Waals surface area contributed by atoms with Gasteiger partial charge in [-0.1, -0.05) is 29.8 Å². The fraction of sp³-hybridized carbons (Fsp3) is 0.400. The van der Waals surface area contributed by atoms with Gasteiger partial charge in [-0.15, -0.1) is 0 Å². The number of sulfone groups is 1. The summed E-state index contributed by atoms with van der Waals surface area (Å²) < 4.78 is 21.8. The van der Waals surface area contributed by atoms with Crippen molar-refractivity contribution in [3.05, 3.63) is 35.4 Å². The summed E-state index contributed by atoms with van der Waals surface area (Å²) in [6.07, 6.45) is 1.88. The van der Waals surface area contributed by atoms with Crippen molar-refractivity contribution in [2.24, 2.45) is 0 Å². The van der Waals surface area contributed by atoms with Crippen LogP contribution in [0.5, 0.6) is 0 Å². The van der Waals surface area contributed by atoms with Gasteiger partial charge in [0, 0.05) is 6.26 Å². The predicted octanol–water partition coefficient (Wildman–Crippen LogP) is 1.58. The third-order valence-corrected chi connectivity index (χ3v) is 2.79. The Hall–Kier alpha value is -0.830. The first kappa shape index (κ1) is 10.3. The van der Waals surface area contributed by atoms with E-state index in [0.29, 0.717) is 6.42 Å². The van der Waals surface area contributed by atoms with Gasteiger partial charge in [0.05, 0.1) is 5.75 Å². The maximum absolute atomic E-state index is 10.9. The standard InChI is InChI=1S/C10H14O2S/c1-9-4-3-5-10(8-9)6-7-13(2,11)12/h3-5,8H,6-7H2,1-2H3. The van der Waals surface area contributed by atoms with Gasteiger partial charge in [0.25, 0.3) is 0 Å². The highest BCUT2D eigenvalue weighted by atomic mass is 32.2. The molecule has 0 saturated carbocycles. The van der Waals surface area contributed by atoms with Crippen LogP contribution in [0.25, 0.3) is 0 Å². The lowest BCUT2D eigenvalue weighted by molar-refractivity contribution is 0.601. The minimum Gasteiger partial charge on any atom is -0.229 e. The van der Waals surface area contributed by atoms with Crippen LogP contribution in [0, 0.1) is 6.92 Å². The second-order valence-electron chi connectivity index (χ2n) is 3.37. The van der Waals surface area contributed by atoms with Crippen molar-refractivity contribution >= 4 is 9.84 Å². The van der Waals surface area contributed by atoms with Gasteiger partial charge in [-0.25, -0.2) is 8.42 Å². The number of aryl methyl sites for hydroxylation is 2. The number of benzene rings is 1. The van der Waals surface area contributed by atoms with Gasteiger partial charge in [0.2, 0.25) is 0 Å². The largest absolute Gasteiger partial charge is 0.229 e. The maximum atomic E-state index is 10.9. The molecule has 0 N–H and O–H groups in total. The van der Waals surface area contributed by atoms with Crippen LogP contribution in [-0.2, 0) is 16.3 Å². The van der Waals surface area contributed by atoms with E-state index in [4.69, 9.17) is 0 Å². The smallest absolute Gasteiger partial charge is 0.147 e. The summed E-state index contributed by atoms with van der Waals surface area (Å²) in [5.41, 5.74) is 2.26. The van der Waals surface area contributed by atoms with Gasteiger partial charge in [0.15, 0.2) is 0 Å². The minimum atomic E-state index is -2.84. The first-order valence-corrected chi connectivity index (χ1v) is 6.27. The van der Waals surface area contributed by atoms with Crippen molar-refractivity contribution in [2.45, 2.75) is 13.3 Å². The van der Waals surface area contributed by atoms with Crippen LogP contribution >= 0.6 is 0 Å². The molecule has 0 heterocycles. The molecule has 0 aliphatic carbocycles. The molecular formula is C10H14O2S. The third kappa shape index (κ3) is 4.08. The zero-order valence-electron chi connectivity index (χ0n) is 7.95. The summed E-state index contributed by atoms with van der Waals surface area (Å²) in [4.78, 5) is 0. The predicted molar refractivity (Wildman–Crippen MR) is 54.6 cm³/mol. The van der Waals surface area contributed by atoms with Crippen LogP contribution in [0.15, 0.2) is 24.3 Å². The van der Waals surface area contributed by atoms with E-state index in [2.05, 4.69) is 0 Å². The Labute approximate surface area is 79.5 Å². The zero-order valence-corrected chi connectivity index (χ0v) is 8.76.